The van der Waals surface area contributed by atoms with Gasteiger partial charge in [-0.1, -0.05) is 17.7 Å². The van der Waals surface area contributed by atoms with Crippen molar-refractivity contribution in [2.45, 2.75) is 19.4 Å². The largest absolute Gasteiger partial charge is 0.454 e. The fourth-order valence-electron chi connectivity index (χ4n) is 2.57. The molecule has 0 radical (unpaired) electrons. The lowest BCUT2D eigenvalue weighted by atomic mass is 10.1. The Kier molecular flexibility index (Phi) is 5.63. The van der Waals surface area contributed by atoms with E-state index < -0.39 is 0 Å². The molecule has 3 rings (SSSR count). The molecule has 1 aliphatic heterocycles. The Morgan fingerprint density at radius 3 is 2.62 bits per heavy atom. The minimum Gasteiger partial charge on any atom is -0.454 e. The average Bonchev–Trinajstić information content (AvgIpc) is 3.09. The first-order chi connectivity index (χ1) is 12.5. The highest BCUT2D eigenvalue weighted by atomic mass is 35.5. The number of halogens is 1. The second kappa shape index (κ2) is 8.10. The van der Waals surface area contributed by atoms with Gasteiger partial charge in [0.15, 0.2) is 11.5 Å². The molecular weight excluding hydrogens is 356 g/mol. The summed E-state index contributed by atoms with van der Waals surface area (Å²) in [6.07, 6.45) is 0.189. The van der Waals surface area contributed by atoms with Crippen molar-refractivity contribution in [3.05, 3.63) is 58.6 Å². The fourth-order valence-corrected chi connectivity index (χ4v) is 2.70. The number of carbonyl (C=O) groups excluding carboxylic acids is 2. The molecule has 0 saturated heterocycles. The maximum Gasteiger partial charge on any atom is 0.251 e. The number of fused-ring (bicyclic) bond motifs is 1. The Hall–Kier alpha value is -2.73. The molecule has 2 N–H and O–H groups in total. The van der Waals surface area contributed by atoms with Gasteiger partial charge in [0.2, 0.25) is 12.7 Å². The summed E-state index contributed by atoms with van der Waals surface area (Å²) in [6, 6.07) is 12.0. The van der Waals surface area contributed by atoms with E-state index in [2.05, 4.69) is 10.6 Å². The normalized spacial score (nSPS) is 13.2. The van der Waals surface area contributed by atoms with Crippen molar-refractivity contribution in [2.75, 3.05) is 13.3 Å². The molecule has 0 spiro atoms. The molecule has 0 saturated carbocycles. The molecule has 1 aliphatic rings. The molecule has 0 aromatic heterocycles. The topological polar surface area (TPSA) is 76.7 Å². The molecule has 0 aliphatic carbocycles. The minimum absolute atomic E-state index is 0.147. The first-order valence-corrected chi connectivity index (χ1v) is 8.63. The van der Waals surface area contributed by atoms with Crippen LogP contribution in [0.2, 0.25) is 5.02 Å². The second-order valence-corrected chi connectivity index (χ2v) is 6.35. The van der Waals surface area contributed by atoms with Gasteiger partial charge in [-0.2, -0.15) is 0 Å². The monoisotopic (exact) mass is 374 g/mol. The number of amides is 2. The van der Waals surface area contributed by atoms with E-state index in [0.717, 1.165) is 5.56 Å². The number of nitrogens with one attached hydrogen (secondary N) is 2. The van der Waals surface area contributed by atoms with E-state index in [1.165, 1.54) is 0 Å². The quantitative estimate of drug-likeness (QED) is 0.814. The molecule has 136 valence electrons. The van der Waals surface area contributed by atoms with Crippen LogP contribution in [0.15, 0.2) is 42.5 Å². The van der Waals surface area contributed by atoms with Crippen molar-refractivity contribution in [2.24, 2.45) is 0 Å². The molecule has 0 fully saturated rings. The van der Waals surface area contributed by atoms with Crippen LogP contribution in [0.3, 0.4) is 0 Å². The van der Waals surface area contributed by atoms with Gasteiger partial charge in [-0.25, -0.2) is 0 Å². The van der Waals surface area contributed by atoms with Gasteiger partial charge in [0.1, 0.15) is 0 Å². The smallest absolute Gasteiger partial charge is 0.251 e. The Labute approximate surface area is 156 Å². The van der Waals surface area contributed by atoms with Crippen LogP contribution in [0.1, 0.15) is 35.3 Å². The molecule has 0 unspecified atom stereocenters. The lowest BCUT2D eigenvalue weighted by Crippen LogP contribution is -2.32. The highest BCUT2D eigenvalue weighted by Gasteiger charge is 2.17. The highest BCUT2D eigenvalue weighted by molar-refractivity contribution is 6.30. The van der Waals surface area contributed by atoms with E-state index in [1.54, 1.807) is 24.3 Å². The summed E-state index contributed by atoms with van der Waals surface area (Å²) in [5, 5.41) is 6.19. The van der Waals surface area contributed by atoms with E-state index in [-0.39, 0.29) is 37.6 Å². The summed E-state index contributed by atoms with van der Waals surface area (Å²) in [5.41, 5.74) is 1.43. The summed E-state index contributed by atoms with van der Waals surface area (Å²) >= 11 is 5.79. The van der Waals surface area contributed by atoms with Gasteiger partial charge in [0.25, 0.3) is 5.91 Å². The van der Waals surface area contributed by atoms with Crippen LogP contribution in [0.5, 0.6) is 11.5 Å². The third kappa shape index (κ3) is 4.46. The average molecular weight is 375 g/mol. The Balaban J connectivity index is 1.45. The summed E-state index contributed by atoms with van der Waals surface area (Å²) in [7, 11) is 0. The molecule has 26 heavy (non-hydrogen) atoms. The molecule has 0 bridgehead atoms. The predicted octanol–water partition coefficient (Wildman–Crippen LogP) is 3.07. The summed E-state index contributed by atoms with van der Waals surface area (Å²) in [4.78, 5) is 24.1. The minimum atomic E-state index is -0.238. The Bertz CT molecular complexity index is 808. The fraction of sp³-hybridized carbons (Fsp3) is 0.263. The third-order valence-electron chi connectivity index (χ3n) is 4.02. The summed E-state index contributed by atoms with van der Waals surface area (Å²) in [5.74, 6) is 1.00. The lowest BCUT2D eigenvalue weighted by molar-refractivity contribution is -0.121. The molecule has 2 amide bonds. The van der Waals surface area contributed by atoms with Gasteiger partial charge in [0, 0.05) is 23.6 Å². The maximum absolute atomic E-state index is 12.1. The molecule has 2 aromatic carbocycles. The molecule has 7 heteroatoms. The molecule has 1 heterocycles. The van der Waals surface area contributed by atoms with Crippen LogP contribution in [-0.4, -0.2) is 25.2 Å². The number of ether oxygens (including phenoxy) is 2. The number of benzene rings is 2. The zero-order valence-corrected chi connectivity index (χ0v) is 15.0. The first-order valence-electron chi connectivity index (χ1n) is 8.25. The Morgan fingerprint density at radius 1 is 1.12 bits per heavy atom. The SMILES string of the molecule is C[C@H](NC(=O)CCNC(=O)c1ccc(Cl)cc1)c1ccc2c(c1)OCO2. The predicted molar refractivity (Wildman–Crippen MR) is 97.5 cm³/mol. The van der Waals surface area contributed by atoms with Crippen molar-refractivity contribution in [3.63, 3.8) is 0 Å². The van der Waals surface area contributed by atoms with E-state index in [9.17, 15) is 9.59 Å². The second-order valence-electron chi connectivity index (χ2n) is 5.91. The van der Waals surface area contributed by atoms with E-state index in [1.807, 2.05) is 25.1 Å². The highest BCUT2D eigenvalue weighted by Crippen LogP contribution is 2.34. The van der Waals surface area contributed by atoms with Crippen LogP contribution >= 0.6 is 11.6 Å². The third-order valence-corrected chi connectivity index (χ3v) is 4.27. The van der Waals surface area contributed by atoms with Crippen LogP contribution in [0, 0.1) is 0 Å². The number of hydrogen-bond acceptors (Lipinski definition) is 4. The van der Waals surface area contributed by atoms with E-state index >= 15 is 0 Å². The van der Waals surface area contributed by atoms with Crippen LogP contribution in [0.4, 0.5) is 0 Å². The molecule has 6 nitrogen and oxygen atoms in total. The molecule has 1 atom stereocenters. The van der Waals surface area contributed by atoms with Crippen LogP contribution in [-0.2, 0) is 4.79 Å². The van der Waals surface area contributed by atoms with Gasteiger partial charge in [-0.05, 0) is 48.9 Å². The van der Waals surface area contributed by atoms with Gasteiger partial charge in [0.05, 0.1) is 6.04 Å². The zero-order valence-electron chi connectivity index (χ0n) is 14.3. The first kappa shape index (κ1) is 18.1. The summed E-state index contributed by atoms with van der Waals surface area (Å²) in [6.45, 7) is 2.36. The maximum atomic E-state index is 12.1. The molecule has 2 aromatic rings. The standard InChI is InChI=1S/C19H19ClN2O4/c1-12(14-4-7-16-17(10-14)26-11-25-16)22-18(23)8-9-21-19(24)13-2-5-15(20)6-3-13/h2-7,10,12H,8-9,11H2,1H3,(H,21,24)(H,22,23)/t12-/m0/s1. The number of carbonyl (C=O) groups is 2. The van der Waals surface area contributed by atoms with Crippen molar-refractivity contribution in [3.8, 4) is 11.5 Å². The van der Waals surface area contributed by atoms with Crippen molar-refractivity contribution >= 4 is 23.4 Å². The number of hydrogen-bond donors (Lipinski definition) is 2. The lowest BCUT2D eigenvalue weighted by Gasteiger charge is -2.15. The van der Waals surface area contributed by atoms with Crippen molar-refractivity contribution in [1.82, 2.24) is 10.6 Å². The van der Waals surface area contributed by atoms with Gasteiger partial charge in [-0.3, -0.25) is 9.59 Å². The van der Waals surface area contributed by atoms with Gasteiger partial charge < -0.3 is 20.1 Å². The van der Waals surface area contributed by atoms with Crippen LogP contribution < -0.4 is 20.1 Å². The van der Waals surface area contributed by atoms with Crippen molar-refractivity contribution in [1.29, 1.82) is 0 Å². The van der Waals surface area contributed by atoms with Crippen molar-refractivity contribution < 1.29 is 19.1 Å². The Morgan fingerprint density at radius 2 is 1.85 bits per heavy atom. The van der Waals surface area contributed by atoms with E-state index in [4.69, 9.17) is 21.1 Å². The molecular formula is C19H19ClN2O4. The van der Waals surface area contributed by atoms with Gasteiger partial charge >= 0.3 is 0 Å². The van der Waals surface area contributed by atoms with E-state index in [0.29, 0.717) is 22.1 Å². The number of rotatable bonds is 6. The van der Waals surface area contributed by atoms with Gasteiger partial charge in [-0.15, -0.1) is 0 Å². The zero-order chi connectivity index (χ0) is 18.5. The van der Waals surface area contributed by atoms with Crippen LogP contribution in [0.25, 0.3) is 0 Å². The summed E-state index contributed by atoms with van der Waals surface area (Å²) < 4.78 is 10.6.